The summed E-state index contributed by atoms with van der Waals surface area (Å²) in [7, 11) is 0. The smallest absolute Gasteiger partial charge is 0.182 e. The van der Waals surface area contributed by atoms with Crippen LogP contribution in [0.15, 0.2) is 53.4 Å². The SMILES string of the molecule is Nc1nc(-c2cc(-c3ccon3)n(Cc3ccccc3F)n2)ncc1C1CC1. The van der Waals surface area contributed by atoms with Crippen molar-refractivity contribution in [2.24, 2.45) is 0 Å². The molecular formula is C20H17FN6O. The number of aromatic nitrogens is 5. The Hall–Kier alpha value is -3.55. The maximum Gasteiger partial charge on any atom is 0.182 e. The number of nitrogen functional groups attached to an aromatic ring is 1. The third-order valence-corrected chi connectivity index (χ3v) is 4.85. The first-order chi connectivity index (χ1) is 13.7. The van der Waals surface area contributed by atoms with E-state index in [9.17, 15) is 4.39 Å². The van der Waals surface area contributed by atoms with Crippen molar-refractivity contribution in [3.8, 4) is 22.9 Å². The lowest BCUT2D eigenvalue weighted by Gasteiger charge is -2.06. The maximum atomic E-state index is 14.1. The Kier molecular flexibility index (Phi) is 3.89. The normalized spacial score (nSPS) is 13.8. The van der Waals surface area contributed by atoms with Crippen molar-refractivity contribution in [1.29, 1.82) is 0 Å². The summed E-state index contributed by atoms with van der Waals surface area (Å²) in [5, 5.41) is 8.58. The molecule has 0 radical (unpaired) electrons. The van der Waals surface area contributed by atoms with Crippen LogP contribution in [0.5, 0.6) is 0 Å². The van der Waals surface area contributed by atoms with Gasteiger partial charge < -0.3 is 10.3 Å². The highest BCUT2D eigenvalue weighted by Gasteiger charge is 2.27. The largest absolute Gasteiger partial charge is 0.383 e. The molecular weight excluding hydrogens is 359 g/mol. The fraction of sp³-hybridized carbons (Fsp3) is 0.200. The van der Waals surface area contributed by atoms with Crippen LogP contribution in [0.1, 0.15) is 29.9 Å². The first kappa shape index (κ1) is 16.6. The van der Waals surface area contributed by atoms with Gasteiger partial charge in [0.05, 0.1) is 12.2 Å². The number of hydrogen-bond donors (Lipinski definition) is 1. The standard InChI is InChI=1S/C20H17FN6O/c21-15-4-2-1-3-13(15)11-27-18(16-7-8-28-26-16)9-17(25-27)20-23-10-14(12-5-6-12)19(22)24-20/h1-4,7-10,12H,5-6,11H2,(H2,22,23,24). The van der Waals surface area contributed by atoms with E-state index < -0.39 is 0 Å². The van der Waals surface area contributed by atoms with E-state index in [0.29, 0.717) is 40.2 Å². The fourth-order valence-corrected chi connectivity index (χ4v) is 3.22. The molecule has 7 nitrogen and oxygen atoms in total. The van der Waals surface area contributed by atoms with E-state index in [4.69, 9.17) is 10.3 Å². The van der Waals surface area contributed by atoms with Gasteiger partial charge in [-0.15, -0.1) is 0 Å². The lowest BCUT2D eigenvalue weighted by molar-refractivity contribution is 0.421. The van der Waals surface area contributed by atoms with Gasteiger partial charge in [0.25, 0.3) is 0 Å². The summed E-state index contributed by atoms with van der Waals surface area (Å²) in [5.74, 6) is 1.09. The summed E-state index contributed by atoms with van der Waals surface area (Å²) in [4.78, 5) is 8.88. The maximum absolute atomic E-state index is 14.1. The number of anilines is 1. The Morgan fingerprint density at radius 3 is 2.75 bits per heavy atom. The van der Waals surface area contributed by atoms with Crippen molar-refractivity contribution in [3.05, 3.63) is 65.8 Å². The molecule has 28 heavy (non-hydrogen) atoms. The molecule has 4 aromatic rings. The van der Waals surface area contributed by atoms with E-state index in [1.807, 2.05) is 6.07 Å². The number of halogens is 1. The van der Waals surface area contributed by atoms with Gasteiger partial charge in [0.15, 0.2) is 5.82 Å². The van der Waals surface area contributed by atoms with E-state index in [1.54, 1.807) is 35.1 Å². The van der Waals surface area contributed by atoms with Gasteiger partial charge in [0.1, 0.15) is 29.3 Å². The Morgan fingerprint density at radius 2 is 2.04 bits per heavy atom. The van der Waals surface area contributed by atoms with Gasteiger partial charge in [-0.3, -0.25) is 4.68 Å². The highest BCUT2D eigenvalue weighted by atomic mass is 19.1. The molecule has 0 atom stereocenters. The van der Waals surface area contributed by atoms with E-state index in [1.165, 1.54) is 12.3 Å². The summed E-state index contributed by atoms with van der Waals surface area (Å²) < 4.78 is 20.8. The van der Waals surface area contributed by atoms with Crippen molar-refractivity contribution in [1.82, 2.24) is 24.9 Å². The number of rotatable bonds is 5. The van der Waals surface area contributed by atoms with Gasteiger partial charge >= 0.3 is 0 Å². The van der Waals surface area contributed by atoms with Crippen LogP contribution in [0.2, 0.25) is 0 Å². The Balaban J connectivity index is 1.56. The van der Waals surface area contributed by atoms with Gasteiger partial charge in [-0.2, -0.15) is 5.10 Å². The van der Waals surface area contributed by atoms with Crippen LogP contribution in [0.25, 0.3) is 22.9 Å². The summed E-state index contributed by atoms with van der Waals surface area (Å²) in [5.41, 5.74) is 9.45. The third-order valence-electron chi connectivity index (χ3n) is 4.85. The molecule has 0 amide bonds. The van der Waals surface area contributed by atoms with E-state index in [-0.39, 0.29) is 12.4 Å². The molecule has 1 aliphatic rings. The Labute approximate surface area is 160 Å². The van der Waals surface area contributed by atoms with E-state index in [0.717, 1.165) is 18.4 Å². The molecule has 5 rings (SSSR count). The predicted molar refractivity (Wildman–Crippen MR) is 101 cm³/mol. The van der Waals surface area contributed by atoms with Crippen molar-refractivity contribution < 1.29 is 8.91 Å². The lowest BCUT2D eigenvalue weighted by Crippen LogP contribution is -2.06. The molecule has 3 heterocycles. The molecule has 0 unspecified atom stereocenters. The molecule has 2 N–H and O–H groups in total. The first-order valence-electron chi connectivity index (χ1n) is 9.04. The van der Waals surface area contributed by atoms with Gasteiger partial charge in [-0.1, -0.05) is 23.4 Å². The van der Waals surface area contributed by atoms with Crippen molar-refractivity contribution >= 4 is 5.82 Å². The summed E-state index contributed by atoms with van der Waals surface area (Å²) in [6.45, 7) is 0.241. The molecule has 1 aliphatic carbocycles. The topological polar surface area (TPSA) is 95.7 Å². The molecule has 3 aromatic heterocycles. The zero-order valence-electron chi connectivity index (χ0n) is 14.9. The predicted octanol–water partition coefficient (Wildman–Crippen LogP) is 3.64. The molecule has 0 bridgehead atoms. The number of benzene rings is 1. The van der Waals surface area contributed by atoms with Gasteiger partial charge in [0, 0.05) is 23.4 Å². The average Bonchev–Trinajstić information content (AvgIpc) is 3.22. The van der Waals surface area contributed by atoms with Crippen molar-refractivity contribution in [2.45, 2.75) is 25.3 Å². The van der Waals surface area contributed by atoms with Gasteiger partial charge in [-0.05, 0) is 30.9 Å². The van der Waals surface area contributed by atoms with Crippen LogP contribution in [-0.2, 0) is 6.54 Å². The minimum absolute atomic E-state index is 0.241. The van der Waals surface area contributed by atoms with Crippen LogP contribution in [-0.4, -0.2) is 24.9 Å². The van der Waals surface area contributed by atoms with Crippen LogP contribution >= 0.6 is 0 Å². The molecule has 1 saturated carbocycles. The molecule has 8 heteroatoms. The second-order valence-corrected chi connectivity index (χ2v) is 6.86. The van der Waals surface area contributed by atoms with Crippen LogP contribution in [0.3, 0.4) is 0 Å². The van der Waals surface area contributed by atoms with Crippen molar-refractivity contribution in [2.75, 3.05) is 5.73 Å². The average molecular weight is 376 g/mol. The van der Waals surface area contributed by atoms with Crippen LogP contribution < -0.4 is 5.73 Å². The fourth-order valence-electron chi connectivity index (χ4n) is 3.22. The number of nitrogens with zero attached hydrogens (tertiary/aromatic N) is 5. The van der Waals surface area contributed by atoms with Crippen molar-refractivity contribution in [3.63, 3.8) is 0 Å². The highest BCUT2D eigenvalue weighted by molar-refractivity contribution is 5.63. The molecule has 140 valence electrons. The molecule has 1 aromatic carbocycles. The molecule has 1 fully saturated rings. The second-order valence-electron chi connectivity index (χ2n) is 6.86. The summed E-state index contributed by atoms with van der Waals surface area (Å²) >= 11 is 0. The quantitative estimate of drug-likeness (QED) is 0.571. The summed E-state index contributed by atoms with van der Waals surface area (Å²) in [6, 6.07) is 10.1. The summed E-state index contributed by atoms with van der Waals surface area (Å²) in [6.07, 6.45) is 5.51. The van der Waals surface area contributed by atoms with Gasteiger partial charge in [-0.25, -0.2) is 14.4 Å². The number of nitrogens with two attached hydrogens (primary N) is 1. The zero-order chi connectivity index (χ0) is 19.1. The first-order valence-corrected chi connectivity index (χ1v) is 9.04. The zero-order valence-corrected chi connectivity index (χ0v) is 14.9. The monoisotopic (exact) mass is 376 g/mol. The molecule has 0 aliphatic heterocycles. The Bertz CT molecular complexity index is 1130. The van der Waals surface area contributed by atoms with E-state index >= 15 is 0 Å². The lowest BCUT2D eigenvalue weighted by atomic mass is 10.2. The third kappa shape index (κ3) is 3.02. The number of hydrogen-bond acceptors (Lipinski definition) is 6. The molecule has 0 spiro atoms. The minimum Gasteiger partial charge on any atom is -0.383 e. The van der Waals surface area contributed by atoms with Crippen LogP contribution in [0, 0.1) is 5.82 Å². The van der Waals surface area contributed by atoms with E-state index in [2.05, 4.69) is 20.2 Å². The minimum atomic E-state index is -0.292. The highest BCUT2D eigenvalue weighted by Crippen LogP contribution is 2.42. The second kappa shape index (κ2) is 6.56. The Morgan fingerprint density at radius 1 is 1.18 bits per heavy atom. The van der Waals surface area contributed by atoms with Crippen LogP contribution in [0.4, 0.5) is 10.2 Å². The molecule has 0 saturated heterocycles. The van der Waals surface area contributed by atoms with Gasteiger partial charge in [0.2, 0.25) is 0 Å².